The summed E-state index contributed by atoms with van der Waals surface area (Å²) in [5.41, 5.74) is 6.29. The summed E-state index contributed by atoms with van der Waals surface area (Å²) in [5.74, 6) is 0.224. The zero-order valence-electron chi connectivity index (χ0n) is 8.91. The van der Waals surface area contributed by atoms with Gasteiger partial charge in [0.2, 0.25) is 10.7 Å². The largest absolute Gasteiger partial charge is 0.368 e. The monoisotopic (exact) mass is 270 g/mol. The second-order valence-electron chi connectivity index (χ2n) is 3.49. The maximum atomic E-state index is 11.3. The summed E-state index contributed by atoms with van der Waals surface area (Å²) < 4.78 is 24.5. The van der Waals surface area contributed by atoms with Crippen molar-refractivity contribution in [3.63, 3.8) is 0 Å². The Morgan fingerprint density at radius 3 is 2.35 bits per heavy atom. The molecule has 0 aliphatic rings. The van der Waals surface area contributed by atoms with Crippen LogP contribution in [0.15, 0.2) is 29.2 Å². The fourth-order valence-corrected chi connectivity index (χ4v) is 2.28. The second kappa shape index (κ2) is 3.97. The Labute approximate surface area is 103 Å². The molecule has 17 heavy (non-hydrogen) atoms. The molecule has 1 heterocycles. The molecule has 0 fully saturated rings. The Balaban J connectivity index is 2.54. The number of nitrogens with two attached hydrogens (primary N) is 1. The van der Waals surface area contributed by atoms with Crippen LogP contribution in [0.2, 0.25) is 0 Å². The van der Waals surface area contributed by atoms with Crippen molar-refractivity contribution < 1.29 is 8.42 Å². The van der Waals surface area contributed by atoms with Gasteiger partial charge in [-0.05, 0) is 36.5 Å². The number of rotatable bonds is 2. The first-order chi connectivity index (χ1) is 7.89. The van der Waals surface area contributed by atoms with Crippen LogP contribution in [0.4, 0.5) is 5.95 Å². The zero-order valence-corrected chi connectivity index (χ0v) is 10.5. The van der Waals surface area contributed by atoms with Crippen molar-refractivity contribution in [2.75, 3.05) is 12.0 Å². The minimum Gasteiger partial charge on any atom is -0.368 e. The molecule has 2 rings (SSSR count). The third-order valence-electron chi connectivity index (χ3n) is 2.22. The summed E-state index contributed by atoms with van der Waals surface area (Å²) >= 11 is 5.01. The van der Waals surface area contributed by atoms with Crippen LogP contribution in [0.1, 0.15) is 0 Å². The van der Waals surface area contributed by atoms with Crippen LogP contribution in [0.5, 0.6) is 0 Å². The number of aromatic amines is 1. The molecule has 0 spiro atoms. The van der Waals surface area contributed by atoms with Crippen LogP contribution in [0.3, 0.4) is 0 Å². The first-order valence-electron chi connectivity index (χ1n) is 4.63. The van der Waals surface area contributed by atoms with Gasteiger partial charge in [0, 0.05) is 6.26 Å². The van der Waals surface area contributed by atoms with Crippen molar-refractivity contribution >= 4 is 28.0 Å². The van der Waals surface area contributed by atoms with Gasteiger partial charge < -0.3 is 5.73 Å². The van der Waals surface area contributed by atoms with Gasteiger partial charge in [-0.1, -0.05) is 0 Å². The average molecular weight is 270 g/mol. The Bertz CT molecular complexity index is 697. The van der Waals surface area contributed by atoms with E-state index in [-0.39, 0.29) is 10.8 Å². The SMILES string of the molecule is CS(=O)(=O)c1ccc(-n2c(N)n[nH]c2=S)cc1. The molecule has 0 saturated heterocycles. The van der Waals surface area contributed by atoms with Crippen LogP contribution in [-0.4, -0.2) is 29.4 Å². The maximum Gasteiger partial charge on any atom is 0.225 e. The Hall–Kier alpha value is -1.67. The molecular weight excluding hydrogens is 260 g/mol. The smallest absolute Gasteiger partial charge is 0.225 e. The van der Waals surface area contributed by atoms with Gasteiger partial charge in [-0.3, -0.25) is 4.57 Å². The summed E-state index contributed by atoms with van der Waals surface area (Å²) in [5, 5.41) is 6.32. The predicted octanol–water partition coefficient (Wildman–Crippen LogP) is 0.916. The van der Waals surface area contributed by atoms with Gasteiger partial charge in [0.15, 0.2) is 9.84 Å². The van der Waals surface area contributed by atoms with E-state index >= 15 is 0 Å². The highest BCUT2D eigenvalue weighted by Gasteiger charge is 2.08. The molecule has 0 aliphatic heterocycles. The highest BCUT2D eigenvalue weighted by Crippen LogP contribution is 2.15. The van der Waals surface area contributed by atoms with E-state index < -0.39 is 9.84 Å². The highest BCUT2D eigenvalue weighted by molar-refractivity contribution is 7.90. The lowest BCUT2D eigenvalue weighted by molar-refractivity contribution is 0.602. The summed E-state index contributed by atoms with van der Waals surface area (Å²) in [6.45, 7) is 0. The topological polar surface area (TPSA) is 93.8 Å². The number of H-pyrrole nitrogens is 1. The Morgan fingerprint density at radius 2 is 1.94 bits per heavy atom. The average Bonchev–Trinajstić information content (AvgIpc) is 2.58. The molecule has 3 N–H and O–H groups in total. The molecule has 0 radical (unpaired) electrons. The highest BCUT2D eigenvalue weighted by atomic mass is 32.2. The van der Waals surface area contributed by atoms with Crippen molar-refractivity contribution in [3.8, 4) is 5.69 Å². The van der Waals surface area contributed by atoms with Crippen molar-refractivity contribution in [3.05, 3.63) is 29.0 Å². The minimum absolute atomic E-state index is 0.224. The molecule has 1 aromatic heterocycles. The lowest BCUT2D eigenvalue weighted by atomic mass is 10.3. The zero-order chi connectivity index (χ0) is 12.6. The summed E-state index contributed by atoms with van der Waals surface area (Å²) in [7, 11) is -3.20. The van der Waals surface area contributed by atoms with Crippen LogP contribution >= 0.6 is 12.2 Å². The molecule has 0 saturated carbocycles. The number of hydrogen-bond donors (Lipinski definition) is 2. The molecular formula is C9H10N4O2S2. The summed E-state index contributed by atoms with van der Waals surface area (Å²) in [6, 6.07) is 6.24. The van der Waals surface area contributed by atoms with E-state index in [9.17, 15) is 8.42 Å². The predicted molar refractivity (Wildman–Crippen MR) is 66.3 cm³/mol. The molecule has 0 aliphatic carbocycles. The van der Waals surface area contributed by atoms with Gasteiger partial charge in [-0.15, -0.1) is 5.10 Å². The fourth-order valence-electron chi connectivity index (χ4n) is 1.40. The van der Waals surface area contributed by atoms with Crippen molar-refractivity contribution in [2.45, 2.75) is 4.90 Å². The van der Waals surface area contributed by atoms with E-state index in [1.165, 1.54) is 16.7 Å². The summed E-state index contributed by atoms with van der Waals surface area (Å²) in [4.78, 5) is 0.245. The van der Waals surface area contributed by atoms with Gasteiger partial charge in [0.05, 0.1) is 10.6 Å². The first kappa shape index (κ1) is 11.8. The van der Waals surface area contributed by atoms with Gasteiger partial charge >= 0.3 is 0 Å². The van der Waals surface area contributed by atoms with Gasteiger partial charge in [-0.25, -0.2) is 13.5 Å². The Morgan fingerprint density at radius 1 is 1.35 bits per heavy atom. The molecule has 0 amide bonds. The fraction of sp³-hybridized carbons (Fsp3) is 0.111. The van der Waals surface area contributed by atoms with Crippen LogP contribution < -0.4 is 5.73 Å². The normalized spacial score (nSPS) is 11.6. The van der Waals surface area contributed by atoms with E-state index in [1.54, 1.807) is 12.1 Å². The van der Waals surface area contributed by atoms with E-state index in [0.717, 1.165) is 6.26 Å². The Kier molecular flexibility index (Phi) is 2.76. The third-order valence-corrected chi connectivity index (χ3v) is 3.62. The second-order valence-corrected chi connectivity index (χ2v) is 5.89. The quantitative estimate of drug-likeness (QED) is 0.791. The van der Waals surface area contributed by atoms with Crippen molar-refractivity contribution in [1.29, 1.82) is 0 Å². The molecule has 0 unspecified atom stereocenters. The number of nitrogen functional groups attached to an aromatic ring is 1. The van der Waals surface area contributed by atoms with Gasteiger partial charge in [0.25, 0.3) is 0 Å². The number of sulfone groups is 1. The number of anilines is 1. The van der Waals surface area contributed by atoms with Crippen molar-refractivity contribution in [1.82, 2.24) is 14.8 Å². The van der Waals surface area contributed by atoms with Gasteiger partial charge in [0.1, 0.15) is 0 Å². The van der Waals surface area contributed by atoms with Gasteiger partial charge in [-0.2, -0.15) is 0 Å². The molecule has 8 heteroatoms. The number of nitrogens with zero attached hydrogens (tertiary/aromatic N) is 2. The number of aromatic nitrogens is 3. The minimum atomic E-state index is -3.20. The number of hydrogen-bond acceptors (Lipinski definition) is 5. The standard InChI is InChI=1S/C9H10N4O2S2/c1-17(14,15)7-4-2-6(3-5-7)13-8(10)11-12-9(13)16/h2-5H,1H3,(H2,10,11)(H,12,16). The molecule has 6 nitrogen and oxygen atoms in total. The van der Waals surface area contributed by atoms with Crippen LogP contribution in [-0.2, 0) is 9.84 Å². The summed E-state index contributed by atoms with van der Waals surface area (Å²) in [6.07, 6.45) is 1.15. The molecule has 2 aromatic rings. The molecule has 0 atom stereocenters. The van der Waals surface area contributed by atoms with E-state index in [2.05, 4.69) is 10.2 Å². The molecule has 1 aromatic carbocycles. The lowest BCUT2D eigenvalue weighted by Crippen LogP contribution is -2.02. The lowest BCUT2D eigenvalue weighted by Gasteiger charge is -2.04. The first-order valence-corrected chi connectivity index (χ1v) is 6.93. The van der Waals surface area contributed by atoms with Crippen LogP contribution in [0.25, 0.3) is 5.69 Å². The van der Waals surface area contributed by atoms with Crippen LogP contribution in [0, 0.1) is 4.77 Å². The van der Waals surface area contributed by atoms with E-state index in [4.69, 9.17) is 18.0 Å². The molecule has 0 bridgehead atoms. The number of nitrogens with one attached hydrogen (secondary N) is 1. The molecule has 90 valence electrons. The van der Waals surface area contributed by atoms with Crippen molar-refractivity contribution in [2.24, 2.45) is 0 Å². The van der Waals surface area contributed by atoms with E-state index in [1.807, 2.05) is 0 Å². The third kappa shape index (κ3) is 2.22. The maximum absolute atomic E-state index is 11.3. The number of benzene rings is 1. The van der Waals surface area contributed by atoms with E-state index in [0.29, 0.717) is 10.5 Å².